The predicted molar refractivity (Wildman–Crippen MR) is 107 cm³/mol. The van der Waals surface area contributed by atoms with Crippen molar-refractivity contribution in [1.29, 1.82) is 0 Å². The van der Waals surface area contributed by atoms with Crippen LogP contribution in [0.25, 0.3) is 17.1 Å². The van der Waals surface area contributed by atoms with E-state index < -0.39 is 0 Å². The SMILES string of the molecule is C/C=C/c1cn([C@H]2CCC(CO)O2)c2ncnc(NC(=O)c3ccccc3)c12. The molecule has 0 saturated carbocycles. The number of nitrogens with one attached hydrogen (secondary N) is 1. The Bertz CT molecular complexity index is 1010. The molecule has 3 heterocycles. The van der Waals surface area contributed by atoms with E-state index in [1.54, 1.807) is 12.1 Å². The van der Waals surface area contributed by atoms with Crippen LogP contribution in [0.1, 0.15) is 41.9 Å². The summed E-state index contributed by atoms with van der Waals surface area (Å²) >= 11 is 0. The minimum absolute atomic E-state index is 0.00475. The lowest BCUT2D eigenvalue weighted by Gasteiger charge is -2.14. The van der Waals surface area contributed by atoms with Crippen molar-refractivity contribution in [2.75, 3.05) is 11.9 Å². The second-order valence-corrected chi connectivity index (χ2v) is 6.71. The molecule has 4 rings (SSSR count). The van der Waals surface area contributed by atoms with Gasteiger partial charge in [-0.2, -0.15) is 0 Å². The summed E-state index contributed by atoms with van der Waals surface area (Å²) in [7, 11) is 0. The van der Waals surface area contributed by atoms with E-state index >= 15 is 0 Å². The lowest BCUT2D eigenvalue weighted by molar-refractivity contribution is -0.0204. The molecule has 7 nitrogen and oxygen atoms in total. The molecular weight excluding hydrogens is 356 g/mol. The first kappa shape index (κ1) is 18.3. The molecular formula is C21H22N4O3. The largest absolute Gasteiger partial charge is 0.394 e. The molecule has 1 aliphatic heterocycles. The van der Waals surface area contributed by atoms with E-state index in [1.807, 2.05) is 48.0 Å². The first-order valence-electron chi connectivity index (χ1n) is 9.32. The van der Waals surface area contributed by atoms with E-state index in [0.29, 0.717) is 17.0 Å². The molecule has 2 N–H and O–H groups in total. The lowest BCUT2D eigenvalue weighted by Crippen LogP contribution is -2.15. The van der Waals surface area contributed by atoms with E-state index in [1.165, 1.54) is 6.33 Å². The van der Waals surface area contributed by atoms with Gasteiger partial charge in [0.25, 0.3) is 5.91 Å². The molecule has 0 aliphatic carbocycles. The smallest absolute Gasteiger partial charge is 0.256 e. The number of aliphatic hydroxyl groups excluding tert-OH is 1. The number of ether oxygens (including phenoxy) is 1. The molecule has 2 aromatic heterocycles. The highest BCUT2D eigenvalue weighted by atomic mass is 16.5. The molecule has 1 unspecified atom stereocenters. The maximum absolute atomic E-state index is 12.6. The van der Waals surface area contributed by atoms with E-state index in [4.69, 9.17) is 4.74 Å². The number of carbonyl (C=O) groups excluding carboxylic acids is 1. The van der Waals surface area contributed by atoms with Gasteiger partial charge in [0, 0.05) is 17.3 Å². The number of rotatable bonds is 5. The quantitative estimate of drug-likeness (QED) is 0.710. The van der Waals surface area contributed by atoms with Crippen molar-refractivity contribution < 1.29 is 14.6 Å². The molecule has 1 saturated heterocycles. The van der Waals surface area contributed by atoms with Crippen LogP contribution in [0, 0.1) is 0 Å². The Balaban J connectivity index is 1.75. The number of hydrogen-bond acceptors (Lipinski definition) is 5. The Kier molecular flexibility index (Phi) is 5.18. The minimum Gasteiger partial charge on any atom is -0.394 e. The number of aromatic nitrogens is 3. The first-order chi connectivity index (χ1) is 13.7. The van der Waals surface area contributed by atoms with E-state index in [9.17, 15) is 9.90 Å². The second-order valence-electron chi connectivity index (χ2n) is 6.71. The van der Waals surface area contributed by atoms with Crippen molar-refractivity contribution in [2.24, 2.45) is 0 Å². The highest BCUT2D eigenvalue weighted by molar-refractivity contribution is 6.08. The van der Waals surface area contributed by atoms with Crippen LogP contribution in [0.4, 0.5) is 5.82 Å². The van der Waals surface area contributed by atoms with Gasteiger partial charge in [-0.25, -0.2) is 9.97 Å². The van der Waals surface area contributed by atoms with Crippen LogP contribution in [0.15, 0.2) is 48.9 Å². The van der Waals surface area contributed by atoms with Crippen LogP contribution in [-0.2, 0) is 4.74 Å². The van der Waals surface area contributed by atoms with Gasteiger partial charge in [0.05, 0.1) is 18.1 Å². The van der Waals surface area contributed by atoms with Gasteiger partial charge in [0.2, 0.25) is 0 Å². The molecule has 1 aliphatic rings. The predicted octanol–water partition coefficient (Wildman–Crippen LogP) is 3.39. The summed E-state index contributed by atoms with van der Waals surface area (Å²) in [6, 6.07) is 9.02. The van der Waals surface area contributed by atoms with Gasteiger partial charge in [-0.15, -0.1) is 0 Å². The highest BCUT2D eigenvalue weighted by Crippen LogP contribution is 2.35. The Morgan fingerprint density at radius 1 is 1.32 bits per heavy atom. The van der Waals surface area contributed by atoms with Gasteiger partial charge < -0.3 is 19.7 Å². The molecule has 3 aromatic rings. The van der Waals surface area contributed by atoms with Gasteiger partial charge in [0.1, 0.15) is 24.0 Å². The number of amides is 1. The molecule has 1 fully saturated rings. The summed E-state index contributed by atoms with van der Waals surface area (Å²) in [6.07, 6.45) is 8.51. The average Bonchev–Trinajstić information content (AvgIpc) is 3.34. The number of nitrogens with zero attached hydrogens (tertiary/aromatic N) is 3. The zero-order valence-corrected chi connectivity index (χ0v) is 15.6. The van der Waals surface area contributed by atoms with E-state index in [2.05, 4.69) is 15.3 Å². The fourth-order valence-electron chi connectivity index (χ4n) is 3.53. The topological polar surface area (TPSA) is 89.3 Å². The summed E-state index contributed by atoms with van der Waals surface area (Å²) < 4.78 is 7.89. The summed E-state index contributed by atoms with van der Waals surface area (Å²) in [5.41, 5.74) is 2.15. The second kappa shape index (κ2) is 7.92. The number of allylic oxidation sites excluding steroid dienone is 1. The summed E-state index contributed by atoms with van der Waals surface area (Å²) in [4.78, 5) is 21.4. The fraction of sp³-hybridized carbons (Fsp3) is 0.286. The Morgan fingerprint density at radius 3 is 2.86 bits per heavy atom. The van der Waals surface area contributed by atoms with E-state index in [0.717, 1.165) is 23.8 Å². The number of hydrogen-bond donors (Lipinski definition) is 2. The molecule has 28 heavy (non-hydrogen) atoms. The Labute approximate surface area is 162 Å². The standard InChI is InChI=1S/C21H22N4O3/c1-2-6-15-11-25(17-10-9-16(12-26)28-17)20-18(15)19(22-13-23-20)24-21(27)14-7-4-3-5-8-14/h2-8,11,13,16-17,26H,9-10,12H2,1H3,(H,22,23,24,27)/b6-2+/t16?,17-/m1/s1. The van der Waals surface area contributed by atoms with Crippen molar-refractivity contribution in [1.82, 2.24) is 14.5 Å². The Hall–Kier alpha value is -3.03. The van der Waals surface area contributed by atoms with Crippen molar-refractivity contribution in [3.63, 3.8) is 0 Å². The van der Waals surface area contributed by atoms with Gasteiger partial charge in [-0.1, -0.05) is 30.4 Å². The summed E-state index contributed by atoms with van der Waals surface area (Å²) in [5.74, 6) is 0.236. The van der Waals surface area contributed by atoms with Crippen LogP contribution >= 0.6 is 0 Å². The molecule has 0 spiro atoms. The first-order valence-corrected chi connectivity index (χ1v) is 9.32. The van der Waals surface area contributed by atoms with Crippen molar-refractivity contribution in [3.05, 3.63) is 60.1 Å². The van der Waals surface area contributed by atoms with Gasteiger partial charge in [-0.05, 0) is 31.9 Å². The number of aliphatic hydroxyl groups is 1. The zero-order valence-electron chi connectivity index (χ0n) is 15.6. The third-order valence-electron chi connectivity index (χ3n) is 4.85. The van der Waals surface area contributed by atoms with Gasteiger partial charge in [-0.3, -0.25) is 4.79 Å². The molecule has 1 amide bonds. The van der Waals surface area contributed by atoms with E-state index in [-0.39, 0.29) is 24.8 Å². The molecule has 144 valence electrons. The maximum atomic E-state index is 12.6. The average molecular weight is 378 g/mol. The molecule has 7 heteroatoms. The van der Waals surface area contributed by atoms with Crippen LogP contribution < -0.4 is 5.32 Å². The van der Waals surface area contributed by atoms with Crippen LogP contribution in [0.5, 0.6) is 0 Å². The summed E-state index contributed by atoms with van der Waals surface area (Å²) in [6.45, 7) is 1.94. The van der Waals surface area contributed by atoms with Gasteiger partial charge >= 0.3 is 0 Å². The minimum atomic E-state index is -0.225. The van der Waals surface area contributed by atoms with Crippen molar-refractivity contribution >= 4 is 28.8 Å². The maximum Gasteiger partial charge on any atom is 0.256 e. The molecule has 0 bridgehead atoms. The van der Waals surface area contributed by atoms with Crippen molar-refractivity contribution in [2.45, 2.75) is 32.1 Å². The number of anilines is 1. The zero-order chi connectivity index (χ0) is 19.5. The monoisotopic (exact) mass is 378 g/mol. The Morgan fingerprint density at radius 2 is 2.14 bits per heavy atom. The molecule has 2 atom stereocenters. The third kappa shape index (κ3) is 3.42. The highest BCUT2D eigenvalue weighted by Gasteiger charge is 2.28. The van der Waals surface area contributed by atoms with Crippen LogP contribution in [0.3, 0.4) is 0 Å². The fourth-order valence-corrected chi connectivity index (χ4v) is 3.53. The van der Waals surface area contributed by atoms with Gasteiger partial charge in [0.15, 0.2) is 0 Å². The van der Waals surface area contributed by atoms with Crippen molar-refractivity contribution in [3.8, 4) is 0 Å². The molecule has 0 radical (unpaired) electrons. The molecule has 1 aromatic carbocycles. The number of fused-ring (bicyclic) bond motifs is 1. The number of benzene rings is 1. The normalized spacial score (nSPS) is 19.5. The third-order valence-corrected chi connectivity index (χ3v) is 4.85. The van der Waals surface area contributed by atoms with Crippen LogP contribution in [0.2, 0.25) is 0 Å². The summed E-state index contributed by atoms with van der Waals surface area (Å²) in [5, 5.41) is 13.0. The number of carbonyl (C=O) groups is 1. The van der Waals surface area contributed by atoms with Crippen LogP contribution in [-0.4, -0.2) is 38.3 Å². The lowest BCUT2D eigenvalue weighted by atomic mass is 10.2.